The first-order chi connectivity index (χ1) is 19.3. The monoisotopic (exact) mass is 598 g/mol. The van der Waals surface area contributed by atoms with E-state index in [1.165, 1.54) is 6.07 Å². The minimum Gasteiger partial charge on any atom is -0.479 e. The first-order valence-electron chi connectivity index (χ1n) is 12.9. The van der Waals surface area contributed by atoms with Crippen molar-refractivity contribution in [3.8, 4) is 0 Å². The van der Waals surface area contributed by atoms with Gasteiger partial charge in [-0.2, -0.15) is 0 Å². The molecule has 0 spiro atoms. The molecule has 4 rings (SSSR count). The summed E-state index contributed by atoms with van der Waals surface area (Å²) in [7, 11) is 0. The second-order valence-corrected chi connectivity index (χ2v) is 10.7. The smallest absolute Gasteiger partial charge is 0.335 e. The lowest BCUT2D eigenvalue weighted by Gasteiger charge is -2.42. The number of carbonyl (C=O) groups excluding carboxylic acids is 1. The van der Waals surface area contributed by atoms with Crippen molar-refractivity contribution in [3.63, 3.8) is 0 Å². The van der Waals surface area contributed by atoms with Gasteiger partial charge < -0.3 is 51.3 Å². The van der Waals surface area contributed by atoms with Gasteiger partial charge in [0.05, 0.1) is 33.0 Å². The highest BCUT2D eigenvalue weighted by Gasteiger charge is 2.37. The molecule has 14 nitrogen and oxygen atoms in total. The van der Waals surface area contributed by atoms with Crippen molar-refractivity contribution in [2.24, 2.45) is 0 Å². The number of nitrogens with two attached hydrogens (primary N) is 1. The molecule has 2 aliphatic rings. The molecule has 2 atom stereocenters. The number of rotatable bonds is 8. The highest BCUT2D eigenvalue weighted by atomic mass is 35.5. The van der Waals surface area contributed by atoms with Gasteiger partial charge in [0.1, 0.15) is 0 Å². The maximum Gasteiger partial charge on any atom is 0.335 e. The fraction of sp³-hybridized carbons (Fsp3) is 0.538. The summed E-state index contributed by atoms with van der Waals surface area (Å²) >= 11 is 6.20. The van der Waals surface area contributed by atoms with E-state index in [4.69, 9.17) is 42.5 Å². The standard InChI is InChI=1S/C22H29ClN4O4.C4H6O6/c23-17-12-16(19-15(18(17)24)2-1-7-25-19)20(28)26-13-21(29)3-8-27(9-4-21)14-22(30)5-10-31-11-6-22;5-1(3(7)8)2(6)4(9)10/h1-2,7,12,29-30H,3-6,8-11,13-14,24H2,(H,26,28);1-2,5-6H,(H,7,8)(H,9,10). The number of aliphatic carboxylic acids is 2. The van der Waals surface area contributed by atoms with Crippen LogP contribution in [-0.2, 0) is 14.3 Å². The summed E-state index contributed by atoms with van der Waals surface area (Å²) in [5.74, 6) is -3.89. The molecule has 1 amide bonds. The van der Waals surface area contributed by atoms with Crippen LogP contribution in [0.1, 0.15) is 36.0 Å². The Hall–Kier alpha value is -3.11. The molecular weight excluding hydrogens is 564 g/mol. The number of halogens is 1. The highest BCUT2D eigenvalue weighted by Crippen LogP contribution is 2.31. The number of β-amino-alcohol motifs (C(OH)–C–C–N with tert-alkyl or cyclic N) is 1. The van der Waals surface area contributed by atoms with Crippen molar-refractivity contribution < 1.29 is 49.8 Å². The molecule has 1 aromatic heterocycles. The van der Waals surface area contributed by atoms with E-state index in [1.807, 2.05) is 0 Å². The maximum absolute atomic E-state index is 12.9. The minimum atomic E-state index is -2.27. The number of hydrogen-bond donors (Lipinski definition) is 8. The number of pyridine rings is 1. The summed E-state index contributed by atoms with van der Waals surface area (Å²) in [6.45, 7) is 3.20. The SMILES string of the molecule is Nc1c(Cl)cc(C(=O)NCC2(O)CCN(CC3(O)CCOCC3)CC2)c2ncccc12.O=C(O)C(O)C(O)C(=O)O. The number of carboxylic acids is 2. The number of nitrogens with zero attached hydrogens (tertiary/aromatic N) is 2. The molecule has 0 saturated carbocycles. The Balaban J connectivity index is 0.000000397. The molecule has 3 heterocycles. The third kappa shape index (κ3) is 8.45. The molecule has 226 valence electrons. The Kier molecular flexibility index (Phi) is 10.8. The topological polar surface area (TPSA) is 236 Å². The molecule has 41 heavy (non-hydrogen) atoms. The molecule has 2 saturated heterocycles. The number of piperidine rings is 1. The maximum atomic E-state index is 12.9. The van der Waals surface area contributed by atoms with Crippen molar-refractivity contribution in [3.05, 3.63) is 35.0 Å². The van der Waals surface area contributed by atoms with Crippen molar-refractivity contribution in [2.45, 2.75) is 49.1 Å². The zero-order valence-electron chi connectivity index (χ0n) is 22.2. The van der Waals surface area contributed by atoms with Crippen LogP contribution in [0.25, 0.3) is 10.9 Å². The molecule has 0 radical (unpaired) electrons. The zero-order chi connectivity index (χ0) is 30.4. The molecular formula is C26H35ClN4O10. The van der Waals surface area contributed by atoms with E-state index in [-0.39, 0.29) is 12.5 Å². The van der Waals surface area contributed by atoms with Gasteiger partial charge in [0.15, 0.2) is 12.2 Å². The van der Waals surface area contributed by atoms with Crippen LogP contribution in [0.4, 0.5) is 5.69 Å². The lowest BCUT2D eigenvalue weighted by Crippen LogP contribution is -2.54. The van der Waals surface area contributed by atoms with E-state index >= 15 is 0 Å². The van der Waals surface area contributed by atoms with E-state index in [9.17, 15) is 24.6 Å². The second-order valence-electron chi connectivity index (χ2n) is 10.3. The third-order valence-corrected chi connectivity index (χ3v) is 7.55. The number of nitrogens with one attached hydrogen (secondary N) is 1. The summed E-state index contributed by atoms with van der Waals surface area (Å²) in [5, 5.41) is 58.0. The Morgan fingerprint density at radius 2 is 1.63 bits per heavy atom. The van der Waals surface area contributed by atoms with Crippen LogP contribution < -0.4 is 11.1 Å². The van der Waals surface area contributed by atoms with Crippen LogP contribution in [0.5, 0.6) is 0 Å². The van der Waals surface area contributed by atoms with Crippen molar-refractivity contribution in [1.29, 1.82) is 0 Å². The summed E-state index contributed by atoms with van der Waals surface area (Å²) in [4.78, 5) is 38.9. The van der Waals surface area contributed by atoms with Crippen molar-refractivity contribution in [2.75, 3.05) is 45.1 Å². The Morgan fingerprint density at radius 1 is 1.05 bits per heavy atom. The number of benzene rings is 1. The van der Waals surface area contributed by atoms with Gasteiger partial charge in [0, 0.05) is 63.8 Å². The number of hydrogen-bond acceptors (Lipinski definition) is 11. The largest absolute Gasteiger partial charge is 0.479 e. The number of anilines is 1. The van der Waals surface area contributed by atoms with Crippen molar-refractivity contribution in [1.82, 2.24) is 15.2 Å². The molecule has 1 aromatic carbocycles. The van der Waals surface area contributed by atoms with E-state index in [2.05, 4.69) is 15.2 Å². The fourth-order valence-corrected chi connectivity index (χ4v) is 4.86. The Labute approximate surface area is 240 Å². The van der Waals surface area contributed by atoms with Crippen LogP contribution in [0.15, 0.2) is 24.4 Å². The van der Waals surface area contributed by atoms with E-state index < -0.39 is 35.3 Å². The van der Waals surface area contributed by atoms with Crippen LogP contribution in [0.3, 0.4) is 0 Å². The van der Waals surface area contributed by atoms with E-state index in [0.29, 0.717) is 85.7 Å². The van der Waals surface area contributed by atoms with Gasteiger partial charge in [-0.25, -0.2) is 9.59 Å². The molecule has 2 fully saturated rings. The van der Waals surface area contributed by atoms with Gasteiger partial charge in [-0.05, 0) is 31.0 Å². The van der Waals surface area contributed by atoms with Crippen LogP contribution in [0, 0.1) is 0 Å². The van der Waals surface area contributed by atoms with E-state index in [0.717, 1.165) is 0 Å². The predicted molar refractivity (Wildman–Crippen MR) is 146 cm³/mol. The first kappa shape index (κ1) is 32.4. The quantitative estimate of drug-likeness (QED) is 0.178. The fourth-order valence-electron chi connectivity index (χ4n) is 4.65. The zero-order valence-corrected chi connectivity index (χ0v) is 23.0. The molecule has 2 aliphatic heterocycles. The summed E-state index contributed by atoms with van der Waals surface area (Å²) < 4.78 is 5.34. The number of aliphatic hydroxyl groups is 4. The average Bonchev–Trinajstić information content (AvgIpc) is 2.95. The number of carboxylic acid groups (broad SMARTS) is 2. The van der Waals surface area contributed by atoms with Crippen LogP contribution in [0.2, 0.25) is 5.02 Å². The highest BCUT2D eigenvalue weighted by molar-refractivity contribution is 6.35. The van der Waals surface area contributed by atoms with Crippen LogP contribution >= 0.6 is 11.6 Å². The normalized spacial score (nSPS) is 19.8. The van der Waals surface area contributed by atoms with Crippen molar-refractivity contribution >= 4 is 46.0 Å². The summed E-state index contributed by atoms with van der Waals surface area (Å²) in [6, 6.07) is 5.03. The van der Waals surface area contributed by atoms with Gasteiger partial charge in [-0.3, -0.25) is 9.78 Å². The number of amides is 1. The first-order valence-corrected chi connectivity index (χ1v) is 13.3. The summed E-state index contributed by atoms with van der Waals surface area (Å²) in [5.41, 5.74) is 5.50. The number of nitrogen functional groups attached to an aromatic ring is 1. The molecule has 2 unspecified atom stereocenters. The van der Waals surface area contributed by atoms with Gasteiger partial charge in [-0.15, -0.1) is 0 Å². The summed E-state index contributed by atoms with van der Waals surface area (Å²) in [6.07, 6.45) is -0.633. The average molecular weight is 599 g/mol. The Bertz CT molecular complexity index is 1230. The number of aromatic nitrogens is 1. The third-order valence-electron chi connectivity index (χ3n) is 7.24. The van der Waals surface area contributed by atoms with Gasteiger partial charge >= 0.3 is 11.9 Å². The number of ether oxygens (including phenoxy) is 1. The molecule has 9 N–H and O–H groups in total. The molecule has 15 heteroatoms. The van der Waals surface area contributed by atoms with E-state index in [1.54, 1.807) is 18.3 Å². The molecule has 0 bridgehead atoms. The van der Waals surface area contributed by atoms with Crippen LogP contribution in [-0.4, -0.2) is 121 Å². The number of fused-ring (bicyclic) bond motifs is 1. The van der Waals surface area contributed by atoms with Gasteiger partial charge in [0.2, 0.25) is 0 Å². The lowest BCUT2D eigenvalue weighted by atomic mass is 9.88. The molecule has 0 aliphatic carbocycles. The molecule has 2 aromatic rings. The lowest BCUT2D eigenvalue weighted by molar-refractivity contribution is -0.165. The predicted octanol–water partition coefficient (Wildman–Crippen LogP) is -0.554. The second kappa shape index (κ2) is 13.7. The van der Waals surface area contributed by atoms with Gasteiger partial charge in [-0.1, -0.05) is 11.6 Å². The number of aliphatic hydroxyl groups excluding tert-OH is 2. The number of carbonyl (C=O) groups is 3. The number of likely N-dealkylation sites (tertiary alicyclic amines) is 1. The minimum absolute atomic E-state index is 0.133. The van der Waals surface area contributed by atoms with Gasteiger partial charge in [0.25, 0.3) is 5.91 Å². The Morgan fingerprint density at radius 3 is 2.20 bits per heavy atom.